The first-order valence-electron chi connectivity index (χ1n) is 6.46. The number of methoxy groups -OCH3 is 2. The highest BCUT2D eigenvalue weighted by Gasteiger charge is 2.89. The summed E-state index contributed by atoms with van der Waals surface area (Å²) >= 11 is 15.5. The summed E-state index contributed by atoms with van der Waals surface area (Å²) in [5.41, 5.74) is 0.00587. The summed E-state index contributed by atoms with van der Waals surface area (Å²) in [5, 5.41) is 0. The number of hydrogen-bond donors (Lipinski definition) is 0. The minimum Gasteiger partial charge on any atom is -0.366 e. The first kappa shape index (κ1) is 15.1. The van der Waals surface area contributed by atoms with Crippen LogP contribution in [0.15, 0.2) is 8.96 Å². The van der Waals surface area contributed by atoms with Crippen LogP contribution in [0.1, 0.15) is 13.3 Å². The van der Waals surface area contributed by atoms with Crippen molar-refractivity contribution in [3.05, 3.63) is 8.96 Å². The van der Waals surface area contributed by atoms with Crippen molar-refractivity contribution in [1.82, 2.24) is 0 Å². The van der Waals surface area contributed by atoms with Crippen molar-refractivity contribution in [1.29, 1.82) is 0 Å². The van der Waals surface area contributed by atoms with Gasteiger partial charge in [0.05, 0.1) is 11.7 Å². The molecule has 112 valence electrons. The van der Waals surface area contributed by atoms with E-state index in [4.69, 9.17) is 14.2 Å². The van der Waals surface area contributed by atoms with Gasteiger partial charge in [0.2, 0.25) is 5.79 Å². The van der Waals surface area contributed by atoms with Crippen LogP contribution in [-0.4, -0.2) is 40.4 Å². The molecule has 0 aromatic carbocycles. The van der Waals surface area contributed by atoms with Crippen LogP contribution in [0.5, 0.6) is 0 Å². The Morgan fingerprint density at radius 3 is 2.20 bits per heavy atom. The van der Waals surface area contributed by atoms with Crippen molar-refractivity contribution in [2.75, 3.05) is 14.2 Å². The summed E-state index contributed by atoms with van der Waals surface area (Å²) in [5.74, 6) is -0.107. The Kier molecular flexibility index (Phi) is 2.98. The van der Waals surface area contributed by atoms with E-state index in [1.54, 1.807) is 14.2 Å². The summed E-state index contributed by atoms with van der Waals surface area (Å²) in [6.07, 6.45) is 1.26. The lowest BCUT2D eigenvalue weighted by molar-refractivity contribution is -0.215. The van der Waals surface area contributed by atoms with Crippen LogP contribution in [0.3, 0.4) is 0 Å². The zero-order chi connectivity index (χ0) is 14.7. The molecule has 2 saturated carbocycles. The maximum absolute atomic E-state index is 5.96. The third-order valence-electron chi connectivity index (χ3n) is 5.66. The van der Waals surface area contributed by atoms with Gasteiger partial charge in [-0.1, -0.05) is 63.7 Å². The predicted octanol–water partition coefficient (Wildman–Crippen LogP) is 4.07. The quantitative estimate of drug-likeness (QED) is 0.302. The zero-order valence-electron chi connectivity index (χ0n) is 11.2. The fraction of sp³-hybridized carbons (Fsp3) is 0.846. The second-order valence-corrected chi connectivity index (χ2v) is 10.4. The number of fused-ring (bicyclic) bond motifs is 7. The van der Waals surface area contributed by atoms with Gasteiger partial charge in [-0.05, 0) is 19.3 Å². The second kappa shape index (κ2) is 3.95. The molecule has 3 aliphatic carbocycles. The molecule has 4 unspecified atom stereocenters. The maximum Gasteiger partial charge on any atom is 0.208 e. The molecule has 0 amide bonds. The maximum atomic E-state index is 5.96. The zero-order valence-corrected chi connectivity index (χ0v) is 17.5. The van der Waals surface area contributed by atoms with Gasteiger partial charge in [0.25, 0.3) is 0 Å². The molecule has 3 fully saturated rings. The van der Waals surface area contributed by atoms with Gasteiger partial charge >= 0.3 is 0 Å². The second-order valence-electron chi connectivity index (χ2n) is 6.26. The normalized spacial score (nSPS) is 58.0. The predicted molar refractivity (Wildman–Crippen MR) is 89.8 cm³/mol. The average molecular weight is 538 g/mol. The molecule has 6 atom stereocenters. The molecular formula is C13H14Br4O3. The average Bonchev–Trinajstić information content (AvgIpc) is 2.87. The Bertz CT molecular complexity index is 548. The molecule has 1 heterocycles. The molecule has 4 aliphatic rings. The van der Waals surface area contributed by atoms with Crippen LogP contribution in [0, 0.1) is 11.8 Å². The van der Waals surface area contributed by atoms with Gasteiger partial charge < -0.3 is 14.2 Å². The van der Waals surface area contributed by atoms with Gasteiger partial charge in [-0.2, -0.15) is 0 Å². The summed E-state index contributed by atoms with van der Waals surface area (Å²) < 4.78 is 19.1. The molecule has 0 radical (unpaired) electrons. The van der Waals surface area contributed by atoms with Gasteiger partial charge in [-0.15, -0.1) is 0 Å². The summed E-state index contributed by atoms with van der Waals surface area (Å²) in [6, 6.07) is 0. The number of epoxide rings is 1. The summed E-state index contributed by atoms with van der Waals surface area (Å²) in [7, 11) is 3.41. The van der Waals surface area contributed by atoms with E-state index in [1.165, 1.54) is 0 Å². The largest absolute Gasteiger partial charge is 0.366 e. The first-order valence-corrected chi connectivity index (χ1v) is 9.64. The molecule has 2 bridgehead atoms. The van der Waals surface area contributed by atoms with Crippen LogP contribution in [0.4, 0.5) is 0 Å². The minimum atomic E-state index is -0.805. The fourth-order valence-electron chi connectivity index (χ4n) is 4.85. The first-order chi connectivity index (χ1) is 9.24. The Hall–Kier alpha value is 1.54. The Morgan fingerprint density at radius 2 is 1.65 bits per heavy atom. The Labute approximate surface area is 151 Å². The molecule has 1 aliphatic heterocycles. The van der Waals surface area contributed by atoms with E-state index < -0.39 is 14.4 Å². The smallest absolute Gasteiger partial charge is 0.208 e. The van der Waals surface area contributed by atoms with Gasteiger partial charge in [0.1, 0.15) is 8.65 Å². The lowest BCUT2D eigenvalue weighted by Gasteiger charge is -2.42. The monoisotopic (exact) mass is 534 g/mol. The van der Waals surface area contributed by atoms with Gasteiger partial charge in [0, 0.05) is 29.1 Å². The van der Waals surface area contributed by atoms with Crippen LogP contribution in [0.2, 0.25) is 0 Å². The van der Waals surface area contributed by atoms with Crippen molar-refractivity contribution in [3.8, 4) is 0 Å². The van der Waals surface area contributed by atoms with Crippen LogP contribution < -0.4 is 0 Å². The third kappa shape index (κ3) is 1.18. The molecular weight excluding hydrogens is 524 g/mol. The molecule has 0 aromatic heterocycles. The lowest BCUT2D eigenvalue weighted by atomic mass is 9.85. The molecule has 4 rings (SSSR count). The third-order valence-corrected chi connectivity index (χ3v) is 12.3. The highest BCUT2D eigenvalue weighted by Crippen LogP contribution is 2.82. The van der Waals surface area contributed by atoms with Crippen molar-refractivity contribution in [2.45, 2.75) is 39.5 Å². The summed E-state index contributed by atoms with van der Waals surface area (Å²) in [4.78, 5) is 0. The van der Waals surface area contributed by atoms with E-state index in [-0.39, 0.29) is 11.7 Å². The van der Waals surface area contributed by atoms with Crippen LogP contribution in [0.25, 0.3) is 0 Å². The van der Waals surface area contributed by atoms with Gasteiger partial charge in [0.15, 0.2) is 0 Å². The van der Waals surface area contributed by atoms with Crippen molar-refractivity contribution in [2.24, 2.45) is 11.8 Å². The van der Waals surface area contributed by atoms with E-state index in [0.29, 0.717) is 11.8 Å². The highest BCUT2D eigenvalue weighted by molar-refractivity contribution is 9.16. The van der Waals surface area contributed by atoms with E-state index in [2.05, 4.69) is 70.6 Å². The Morgan fingerprint density at radius 1 is 1.10 bits per heavy atom. The van der Waals surface area contributed by atoms with Crippen LogP contribution in [-0.2, 0) is 14.2 Å². The van der Waals surface area contributed by atoms with Crippen molar-refractivity contribution >= 4 is 63.7 Å². The molecule has 0 spiro atoms. The number of alkyl halides is 2. The highest BCUT2D eigenvalue weighted by atomic mass is 79.9. The number of ether oxygens (including phenoxy) is 3. The number of hydrogen-bond acceptors (Lipinski definition) is 3. The number of halogens is 4. The number of rotatable bonds is 2. The van der Waals surface area contributed by atoms with Gasteiger partial charge in [-0.25, -0.2) is 0 Å². The summed E-state index contributed by atoms with van der Waals surface area (Å²) in [6.45, 7) is 2.20. The molecule has 3 nitrogen and oxygen atoms in total. The van der Waals surface area contributed by atoms with E-state index in [9.17, 15) is 0 Å². The van der Waals surface area contributed by atoms with Crippen molar-refractivity contribution < 1.29 is 14.2 Å². The lowest BCUT2D eigenvalue weighted by Crippen LogP contribution is -2.57. The topological polar surface area (TPSA) is 31.0 Å². The van der Waals surface area contributed by atoms with Crippen LogP contribution >= 0.6 is 63.7 Å². The SMILES string of the molecule is COC1(OC)C2(Br)C(Br)=C(Br)C1(Br)C1C2C[C@]2(C)O[C@H]12. The fourth-order valence-corrected chi connectivity index (χ4v) is 10.0. The molecule has 1 saturated heterocycles. The van der Waals surface area contributed by atoms with E-state index in [1.807, 2.05) is 0 Å². The van der Waals surface area contributed by atoms with Gasteiger partial charge in [-0.3, -0.25) is 0 Å². The standard InChI is InChI=1S/C13H14Br4O3/c1-10-4-5-6(9(10)20-10)12(17)8(15)7(14)11(5,16)13(12,18-2)19-3/h5-6,9H,4H2,1-3H3/t5?,6?,9-,10+,11?,12?/m1/s1. The molecule has 20 heavy (non-hydrogen) atoms. The molecule has 0 aromatic rings. The molecule has 7 heteroatoms. The Balaban J connectivity index is 1.98. The molecule has 0 N–H and O–H groups in total. The van der Waals surface area contributed by atoms with E-state index >= 15 is 0 Å². The van der Waals surface area contributed by atoms with Crippen molar-refractivity contribution in [3.63, 3.8) is 0 Å². The minimum absolute atomic E-state index is 0.00587. The van der Waals surface area contributed by atoms with E-state index in [0.717, 1.165) is 15.4 Å².